The molecular formula is C10H12FN5O2. The lowest BCUT2D eigenvalue weighted by Crippen LogP contribution is -2.64. The van der Waals surface area contributed by atoms with E-state index < -0.39 is 23.2 Å². The monoisotopic (exact) mass is 253 g/mol. The Morgan fingerprint density at radius 1 is 1.50 bits per heavy atom. The van der Waals surface area contributed by atoms with Crippen molar-refractivity contribution in [2.24, 2.45) is 0 Å². The molecule has 1 aromatic rings. The van der Waals surface area contributed by atoms with Gasteiger partial charge in [-0.05, 0) is 13.8 Å². The second kappa shape index (κ2) is 3.90. The number of carbonyl (C=O) groups excluding carboxylic acids is 2. The van der Waals surface area contributed by atoms with E-state index in [4.69, 9.17) is 5.73 Å². The van der Waals surface area contributed by atoms with Crippen LogP contribution in [0.4, 0.5) is 16.2 Å². The van der Waals surface area contributed by atoms with Gasteiger partial charge in [0.1, 0.15) is 5.54 Å². The molecule has 1 saturated heterocycles. The summed E-state index contributed by atoms with van der Waals surface area (Å²) in [6.45, 7) is 2.95. The van der Waals surface area contributed by atoms with Gasteiger partial charge in [0.2, 0.25) is 11.9 Å². The molecule has 0 atom stereocenters. The Bertz CT molecular complexity index is 531. The lowest BCUT2D eigenvalue weighted by molar-refractivity contribution is -0.135. The van der Waals surface area contributed by atoms with Gasteiger partial charge in [-0.2, -0.15) is 4.98 Å². The second-order valence-electron chi connectivity index (χ2n) is 4.42. The lowest BCUT2D eigenvalue weighted by atomic mass is 9.99. The molecule has 7 nitrogen and oxygen atoms in total. The summed E-state index contributed by atoms with van der Waals surface area (Å²) in [6.07, 6.45) is 0.907. The first kappa shape index (κ1) is 12.2. The number of nitrogens with zero attached hydrogens (tertiary/aromatic N) is 3. The summed E-state index contributed by atoms with van der Waals surface area (Å²) in [7, 11) is 0. The fraction of sp³-hybridized carbons (Fsp3) is 0.400. The smallest absolute Gasteiger partial charge is 0.251 e. The molecule has 0 unspecified atom stereocenters. The Labute approximate surface area is 102 Å². The Morgan fingerprint density at radius 3 is 2.83 bits per heavy atom. The first-order chi connectivity index (χ1) is 8.32. The SMILES string of the molecule is CC1(C)C(=O)NC(=O)CN1c1nc(N)ncc1F. The minimum absolute atomic E-state index is 0.124. The molecule has 3 N–H and O–H groups in total. The molecule has 0 aliphatic carbocycles. The predicted octanol–water partition coefficient (Wildman–Crippen LogP) is -0.561. The third kappa shape index (κ3) is 1.85. The first-order valence-corrected chi connectivity index (χ1v) is 5.22. The van der Waals surface area contributed by atoms with Gasteiger partial charge in [0, 0.05) is 0 Å². The van der Waals surface area contributed by atoms with Crippen molar-refractivity contribution in [2.45, 2.75) is 19.4 Å². The van der Waals surface area contributed by atoms with Crippen LogP contribution in [0, 0.1) is 5.82 Å². The number of nitrogens with one attached hydrogen (secondary N) is 1. The number of nitrogens with two attached hydrogens (primary N) is 1. The van der Waals surface area contributed by atoms with E-state index >= 15 is 0 Å². The molecule has 0 radical (unpaired) electrons. The average molecular weight is 253 g/mol. The van der Waals surface area contributed by atoms with E-state index in [9.17, 15) is 14.0 Å². The number of carbonyl (C=O) groups is 2. The van der Waals surface area contributed by atoms with Gasteiger partial charge in [-0.25, -0.2) is 9.37 Å². The number of nitrogen functional groups attached to an aromatic ring is 1. The average Bonchev–Trinajstić information content (AvgIpc) is 2.27. The highest BCUT2D eigenvalue weighted by Crippen LogP contribution is 2.27. The van der Waals surface area contributed by atoms with Crippen LogP contribution < -0.4 is 16.0 Å². The molecule has 1 aromatic heterocycles. The topological polar surface area (TPSA) is 101 Å². The number of amides is 2. The zero-order valence-electron chi connectivity index (χ0n) is 9.90. The highest BCUT2D eigenvalue weighted by molar-refractivity contribution is 6.06. The van der Waals surface area contributed by atoms with E-state index in [0.717, 1.165) is 6.20 Å². The van der Waals surface area contributed by atoms with Crippen molar-refractivity contribution in [3.63, 3.8) is 0 Å². The number of aromatic nitrogens is 2. The third-order valence-electron chi connectivity index (χ3n) is 2.79. The van der Waals surface area contributed by atoms with Crippen LogP contribution in [-0.4, -0.2) is 33.9 Å². The molecule has 1 fully saturated rings. The van der Waals surface area contributed by atoms with Crippen molar-refractivity contribution in [2.75, 3.05) is 17.2 Å². The zero-order chi connectivity index (χ0) is 13.5. The Hall–Kier alpha value is -2.25. The van der Waals surface area contributed by atoms with Gasteiger partial charge in [-0.1, -0.05) is 0 Å². The molecule has 0 saturated carbocycles. The van der Waals surface area contributed by atoms with Crippen molar-refractivity contribution in [1.29, 1.82) is 0 Å². The molecule has 0 bridgehead atoms. The number of anilines is 2. The number of hydrogen-bond donors (Lipinski definition) is 2. The molecule has 1 aliphatic rings. The van der Waals surface area contributed by atoms with Gasteiger partial charge in [-0.15, -0.1) is 0 Å². The number of rotatable bonds is 1. The van der Waals surface area contributed by atoms with Gasteiger partial charge in [0.25, 0.3) is 5.91 Å². The Morgan fingerprint density at radius 2 is 2.17 bits per heavy atom. The molecule has 0 aromatic carbocycles. The summed E-state index contributed by atoms with van der Waals surface area (Å²) in [5.74, 6) is -2.05. The van der Waals surface area contributed by atoms with Crippen LogP contribution in [0.1, 0.15) is 13.8 Å². The van der Waals surface area contributed by atoms with Crippen molar-refractivity contribution < 1.29 is 14.0 Å². The maximum atomic E-state index is 13.7. The predicted molar refractivity (Wildman–Crippen MR) is 61.0 cm³/mol. The van der Waals surface area contributed by atoms with E-state index in [1.807, 2.05) is 0 Å². The molecule has 96 valence electrons. The Balaban J connectivity index is 2.50. The van der Waals surface area contributed by atoms with E-state index in [1.54, 1.807) is 13.8 Å². The first-order valence-electron chi connectivity index (χ1n) is 5.22. The van der Waals surface area contributed by atoms with Crippen LogP contribution >= 0.6 is 0 Å². The van der Waals surface area contributed by atoms with Crippen molar-refractivity contribution in [3.8, 4) is 0 Å². The van der Waals surface area contributed by atoms with Crippen molar-refractivity contribution >= 4 is 23.6 Å². The summed E-state index contributed by atoms with van der Waals surface area (Å²) < 4.78 is 13.7. The molecule has 1 aliphatic heterocycles. The van der Waals surface area contributed by atoms with E-state index in [2.05, 4.69) is 15.3 Å². The summed E-state index contributed by atoms with van der Waals surface area (Å²) in [6, 6.07) is 0. The zero-order valence-corrected chi connectivity index (χ0v) is 9.90. The maximum absolute atomic E-state index is 13.7. The van der Waals surface area contributed by atoms with Crippen LogP contribution in [0.15, 0.2) is 6.20 Å². The third-order valence-corrected chi connectivity index (χ3v) is 2.79. The number of hydrogen-bond acceptors (Lipinski definition) is 6. The number of imide groups is 1. The largest absolute Gasteiger partial charge is 0.368 e. The molecule has 2 amide bonds. The maximum Gasteiger partial charge on any atom is 0.251 e. The fourth-order valence-electron chi connectivity index (χ4n) is 1.68. The van der Waals surface area contributed by atoms with Crippen LogP contribution in [-0.2, 0) is 9.59 Å². The van der Waals surface area contributed by atoms with Crippen LogP contribution in [0.5, 0.6) is 0 Å². The fourth-order valence-corrected chi connectivity index (χ4v) is 1.68. The lowest BCUT2D eigenvalue weighted by Gasteiger charge is -2.40. The van der Waals surface area contributed by atoms with Crippen molar-refractivity contribution in [3.05, 3.63) is 12.0 Å². The van der Waals surface area contributed by atoms with E-state index in [-0.39, 0.29) is 18.3 Å². The minimum Gasteiger partial charge on any atom is -0.368 e. The number of halogens is 1. The van der Waals surface area contributed by atoms with E-state index in [0.29, 0.717) is 0 Å². The molecule has 2 heterocycles. The highest BCUT2D eigenvalue weighted by Gasteiger charge is 2.42. The van der Waals surface area contributed by atoms with Crippen LogP contribution in [0.25, 0.3) is 0 Å². The van der Waals surface area contributed by atoms with Gasteiger partial charge in [0.15, 0.2) is 11.6 Å². The standard InChI is InChI=1S/C10H12FN5O2/c1-10(2)8(18)14-6(17)4-16(10)7-5(11)3-13-9(12)15-7/h3H,4H2,1-2H3,(H2,12,13,15)(H,14,17,18). The van der Waals surface area contributed by atoms with Gasteiger partial charge >= 0.3 is 0 Å². The quantitative estimate of drug-likeness (QED) is 0.650. The summed E-state index contributed by atoms with van der Waals surface area (Å²) >= 11 is 0. The molecule has 2 rings (SSSR count). The summed E-state index contributed by atoms with van der Waals surface area (Å²) in [5, 5.41) is 2.19. The molecule has 18 heavy (non-hydrogen) atoms. The van der Waals surface area contributed by atoms with Crippen molar-refractivity contribution in [1.82, 2.24) is 15.3 Å². The minimum atomic E-state index is -1.10. The molecular weight excluding hydrogens is 241 g/mol. The van der Waals surface area contributed by atoms with Gasteiger partial charge < -0.3 is 10.6 Å². The number of piperazine rings is 1. The second-order valence-corrected chi connectivity index (χ2v) is 4.42. The summed E-state index contributed by atoms with van der Waals surface area (Å²) in [4.78, 5) is 31.6. The highest BCUT2D eigenvalue weighted by atomic mass is 19.1. The van der Waals surface area contributed by atoms with Gasteiger partial charge in [0.05, 0.1) is 12.7 Å². The van der Waals surface area contributed by atoms with Gasteiger partial charge in [-0.3, -0.25) is 14.9 Å². The Kier molecular flexibility index (Phi) is 2.64. The van der Waals surface area contributed by atoms with E-state index in [1.165, 1.54) is 4.90 Å². The molecule has 0 spiro atoms. The van der Waals surface area contributed by atoms with Crippen LogP contribution in [0.3, 0.4) is 0 Å². The normalized spacial score (nSPS) is 18.7. The molecule has 8 heteroatoms. The summed E-state index contributed by atoms with van der Waals surface area (Å²) in [5.41, 5.74) is 4.29. The van der Waals surface area contributed by atoms with Crippen LogP contribution in [0.2, 0.25) is 0 Å².